The first-order valence-electron chi connectivity index (χ1n) is 14.9. The van der Waals surface area contributed by atoms with E-state index in [4.69, 9.17) is 4.74 Å². The minimum Gasteiger partial charge on any atom is -0.497 e. The molecular formula is C34H36F5NO3. The van der Waals surface area contributed by atoms with Gasteiger partial charge in [0.15, 0.2) is 5.78 Å². The molecule has 43 heavy (non-hydrogen) atoms. The van der Waals surface area contributed by atoms with Crippen LogP contribution in [0, 0.1) is 17.3 Å². The zero-order valence-electron chi connectivity index (χ0n) is 24.2. The summed E-state index contributed by atoms with van der Waals surface area (Å²) in [7, 11) is 1.60. The zero-order valence-corrected chi connectivity index (χ0v) is 24.2. The number of methoxy groups -OCH3 is 1. The van der Waals surface area contributed by atoms with Gasteiger partial charge in [0.25, 0.3) is 0 Å². The lowest BCUT2D eigenvalue weighted by Crippen LogP contribution is -2.65. The highest BCUT2D eigenvalue weighted by molar-refractivity contribution is 5.93. The standard InChI is InChI=1S/C34H36F5NO3/c1-31-18-28(21-8-6-20(7-9-21)19-40-23-4-3-5-25(17-23)43-2)30-26-13-11-24(41)16-22(26)10-12-27(30)29(31)14-15-32(31,42)33(35,36)34(37,38)39/h3-9,16-17,27-29,40,42H,10-15,18-19H2,1-2H3/t27?,28-,29?,31+,32+/m1/s1. The molecule has 0 radical (unpaired) electrons. The average Bonchev–Trinajstić information content (AvgIpc) is 3.26. The third-order valence-corrected chi connectivity index (χ3v) is 10.7. The molecule has 0 amide bonds. The van der Waals surface area contributed by atoms with E-state index in [2.05, 4.69) is 5.32 Å². The molecule has 0 bridgehead atoms. The molecule has 6 rings (SSSR count). The number of hydrogen-bond acceptors (Lipinski definition) is 4. The Labute approximate surface area is 248 Å². The molecule has 0 saturated heterocycles. The number of halogens is 5. The summed E-state index contributed by atoms with van der Waals surface area (Å²) in [6.07, 6.45) is -2.68. The molecule has 0 aliphatic heterocycles. The normalized spacial score (nSPS) is 30.7. The first-order chi connectivity index (χ1) is 20.3. The minimum absolute atomic E-state index is 0.0300. The molecule has 4 aliphatic rings. The summed E-state index contributed by atoms with van der Waals surface area (Å²) in [6, 6.07) is 15.2. The minimum atomic E-state index is -5.86. The lowest BCUT2D eigenvalue weighted by Gasteiger charge is -2.56. The highest BCUT2D eigenvalue weighted by Crippen LogP contribution is 2.70. The number of carbonyl (C=O) groups excluding carboxylic acids is 1. The molecule has 2 unspecified atom stereocenters. The van der Waals surface area contributed by atoms with Crippen LogP contribution >= 0.6 is 0 Å². The summed E-state index contributed by atoms with van der Waals surface area (Å²) >= 11 is 0. The van der Waals surface area contributed by atoms with Gasteiger partial charge in [0.05, 0.1) is 7.11 Å². The van der Waals surface area contributed by atoms with Gasteiger partial charge in [-0.3, -0.25) is 4.79 Å². The van der Waals surface area contributed by atoms with Crippen molar-refractivity contribution >= 4 is 11.5 Å². The lowest BCUT2D eigenvalue weighted by molar-refractivity contribution is -0.362. The third kappa shape index (κ3) is 4.69. The SMILES string of the molecule is COc1cccc(NCc2ccc([C@H]3C[C@@]4(C)C(CC[C@@]4(O)C(F)(F)C(F)(F)F)C4CCC5=CC(=O)CCC5=C43)cc2)c1. The van der Waals surface area contributed by atoms with Gasteiger partial charge in [-0.1, -0.05) is 42.8 Å². The number of ketones is 1. The van der Waals surface area contributed by atoms with E-state index >= 15 is 8.78 Å². The Hall–Kier alpha value is -3.20. The number of rotatable bonds is 6. The largest absolute Gasteiger partial charge is 0.497 e. The van der Waals surface area contributed by atoms with Crippen LogP contribution in [0.15, 0.2) is 71.3 Å². The molecule has 9 heteroatoms. The van der Waals surface area contributed by atoms with Gasteiger partial charge in [-0.05, 0) is 90.8 Å². The molecule has 2 aromatic carbocycles. The Morgan fingerprint density at radius 3 is 2.47 bits per heavy atom. The van der Waals surface area contributed by atoms with Gasteiger partial charge in [0, 0.05) is 36.1 Å². The van der Waals surface area contributed by atoms with Gasteiger partial charge in [0.2, 0.25) is 0 Å². The average molecular weight is 602 g/mol. The van der Waals surface area contributed by atoms with Crippen LogP contribution in [-0.2, 0) is 11.3 Å². The second-order valence-electron chi connectivity index (χ2n) is 12.8. The van der Waals surface area contributed by atoms with Crippen LogP contribution in [0.3, 0.4) is 0 Å². The van der Waals surface area contributed by atoms with E-state index in [0.29, 0.717) is 32.2 Å². The van der Waals surface area contributed by atoms with Gasteiger partial charge in [-0.2, -0.15) is 22.0 Å². The van der Waals surface area contributed by atoms with E-state index < -0.39 is 41.4 Å². The molecule has 0 heterocycles. The van der Waals surface area contributed by atoms with Crippen molar-refractivity contribution in [3.63, 3.8) is 0 Å². The summed E-state index contributed by atoms with van der Waals surface area (Å²) in [4.78, 5) is 12.3. The van der Waals surface area contributed by atoms with E-state index in [0.717, 1.165) is 39.3 Å². The molecule has 0 aromatic heterocycles. The molecule has 5 atom stereocenters. The van der Waals surface area contributed by atoms with Gasteiger partial charge in [-0.15, -0.1) is 0 Å². The van der Waals surface area contributed by atoms with E-state index in [9.17, 15) is 23.1 Å². The molecule has 2 saturated carbocycles. The maximum Gasteiger partial charge on any atom is 0.456 e. The number of aliphatic hydroxyl groups is 1. The molecule has 4 aliphatic carbocycles. The van der Waals surface area contributed by atoms with Crippen LogP contribution in [0.1, 0.15) is 68.9 Å². The van der Waals surface area contributed by atoms with Crippen molar-refractivity contribution in [1.29, 1.82) is 0 Å². The number of fused-ring (bicyclic) bond motifs is 4. The molecular weight excluding hydrogens is 565 g/mol. The topological polar surface area (TPSA) is 58.6 Å². The summed E-state index contributed by atoms with van der Waals surface area (Å²) in [5.41, 5.74) is 0.876. The highest BCUT2D eigenvalue weighted by Gasteiger charge is 2.79. The number of benzene rings is 2. The number of nitrogens with one attached hydrogen (secondary N) is 1. The Kier molecular flexibility index (Phi) is 7.26. The van der Waals surface area contributed by atoms with Crippen molar-refractivity contribution in [3.8, 4) is 5.75 Å². The van der Waals surface area contributed by atoms with Gasteiger partial charge in [0.1, 0.15) is 11.4 Å². The van der Waals surface area contributed by atoms with E-state index in [1.54, 1.807) is 13.2 Å². The molecule has 0 spiro atoms. The fraction of sp³-hybridized carbons (Fsp3) is 0.500. The van der Waals surface area contributed by atoms with E-state index in [-0.39, 0.29) is 24.5 Å². The first kappa shape index (κ1) is 29.9. The van der Waals surface area contributed by atoms with Gasteiger partial charge >= 0.3 is 12.1 Å². The zero-order chi connectivity index (χ0) is 30.8. The smallest absolute Gasteiger partial charge is 0.456 e. The Morgan fingerprint density at radius 2 is 1.77 bits per heavy atom. The number of anilines is 1. The third-order valence-electron chi connectivity index (χ3n) is 10.7. The number of ether oxygens (including phenoxy) is 1. The van der Waals surface area contributed by atoms with Crippen LogP contribution in [0.5, 0.6) is 5.75 Å². The second-order valence-corrected chi connectivity index (χ2v) is 12.8. The predicted molar refractivity (Wildman–Crippen MR) is 153 cm³/mol. The summed E-state index contributed by atoms with van der Waals surface area (Å²) < 4.78 is 77.0. The summed E-state index contributed by atoms with van der Waals surface area (Å²) in [5.74, 6) is -5.67. The van der Waals surface area contributed by atoms with Crippen molar-refractivity contribution < 1.29 is 36.6 Å². The van der Waals surface area contributed by atoms with Gasteiger partial charge < -0.3 is 15.2 Å². The van der Waals surface area contributed by atoms with Crippen molar-refractivity contribution in [2.75, 3.05) is 12.4 Å². The predicted octanol–water partition coefficient (Wildman–Crippen LogP) is 8.14. The van der Waals surface area contributed by atoms with Crippen molar-refractivity contribution in [3.05, 3.63) is 82.5 Å². The highest BCUT2D eigenvalue weighted by atomic mass is 19.4. The van der Waals surface area contributed by atoms with Crippen LogP contribution in [0.4, 0.5) is 27.6 Å². The molecule has 2 N–H and O–H groups in total. The Bertz CT molecular complexity index is 1480. The molecule has 230 valence electrons. The van der Waals surface area contributed by atoms with Crippen molar-refractivity contribution in [1.82, 2.24) is 0 Å². The van der Waals surface area contributed by atoms with Crippen LogP contribution < -0.4 is 10.1 Å². The number of hydrogen-bond donors (Lipinski definition) is 2. The molecule has 2 aromatic rings. The van der Waals surface area contributed by atoms with E-state index in [1.807, 2.05) is 48.5 Å². The van der Waals surface area contributed by atoms with Crippen molar-refractivity contribution in [2.45, 2.75) is 82.0 Å². The Balaban J connectivity index is 1.38. The molecule has 2 fully saturated rings. The van der Waals surface area contributed by atoms with E-state index in [1.165, 1.54) is 6.92 Å². The summed E-state index contributed by atoms with van der Waals surface area (Å²) in [6.45, 7) is 1.96. The van der Waals surface area contributed by atoms with Crippen LogP contribution in [0.2, 0.25) is 0 Å². The number of carbonyl (C=O) groups is 1. The fourth-order valence-corrected chi connectivity index (χ4v) is 8.52. The maximum atomic E-state index is 15.2. The summed E-state index contributed by atoms with van der Waals surface area (Å²) in [5, 5.41) is 14.8. The molecule has 4 nitrogen and oxygen atoms in total. The van der Waals surface area contributed by atoms with Crippen molar-refractivity contribution in [2.24, 2.45) is 17.3 Å². The number of alkyl halides is 5. The number of allylic oxidation sites excluding steroid dienone is 4. The van der Waals surface area contributed by atoms with Crippen LogP contribution in [-0.4, -0.2) is 35.7 Å². The maximum absolute atomic E-state index is 15.2. The fourth-order valence-electron chi connectivity index (χ4n) is 8.52. The Morgan fingerprint density at radius 1 is 1.02 bits per heavy atom. The second kappa shape index (κ2) is 10.5. The first-order valence-corrected chi connectivity index (χ1v) is 14.9. The van der Waals surface area contributed by atoms with Crippen LogP contribution in [0.25, 0.3) is 0 Å². The lowest BCUT2D eigenvalue weighted by atomic mass is 9.50. The quantitative estimate of drug-likeness (QED) is 0.328. The van der Waals surface area contributed by atoms with Gasteiger partial charge in [-0.25, -0.2) is 0 Å². The monoisotopic (exact) mass is 601 g/mol.